The van der Waals surface area contributed by atoms with Crippen LogP contribution in [0.25, 0.3) is 0 Å². The van der Waals surface area contributed by atoms with E-state index in [9.17, 15) is 4.79 Å². The first-order valence-electron chi connectivity index (χ1n) is 6.80. The van der Waals surface area contributed by atoms with E-state index in [1.54, 1.807) is 12.3 Å². The predicted molar refractivity (Wildman–Crippen MR) is 76.2 cm³/mol. The second-order valence-electron chi connectivity index (χ2n) is 4.46. The average molecular weight is 265 g/mol. The number of nitrogens with zero attached hydrogens (tertiary/aromatic N) is 1. The zero-order valence-corrected chi connectivity index (χ0v) is 11.6. The maximum atomic E-state index is 11.7. The summed E-state index contributed by atoms with van der Waals surface area (Å²) in [6.07, 6.45) is 3.43. The highest BCUT2D eigenvalue weighted by Gasteiger charge is 2.08. The van der Waals surface area contributed by atoms with Crippen LogP contribution in [0.1, 0.15) is 37.2 Å². The van der Waals surface area contributed by atoms with Gasteiger partial charge in [-0.05, 0) is 31.4 Å². The van der Waals surface area contributed by atoms with Crippen molar-refractivity contribution in [1.29, 1.82) is 0 Å². The van der Waals surface area contributed by atoms with Gasteiger partial charge in [-0.2, -0.15) is 0 Å². The van der Waals surface area contributed by atoms with Gasteiger partial charge < -0.3 is 15.7 Å². The second kappa shape index (κ2) is 8.48. The number of anilines is 1. The molecule has 0 aliphatic carbocycles. The van der Waals surface area contributed by atoms with Gasteiger partial charge in [-0.1, -0.05) is 13.3 Å². The lowest BCUT2D eigenvalue weighted by molar-refractivity contribution is 0.0951. The van der Waals surface area contributed by atoms with E-state index >= 15 is 0 Å². The standard InChI is InChI=1S/C14H23N3O2/c1-3-11(6-8-18)10-17-12-5-7-16-13(9-12)14(19)15-4-2/h5,7,9,11,18H,3-4,6,8,10H2,1-2H3,(H,15,19)(H,16,17). The Labute approximate surface area is 114 Å². The minimum atomic E-state index is -0.159. The van der Waals surface area contributed by atoms with Crippen LogP contribution in [0.3, 0.4) is 0 Å². The Morgan fingerprint density at radius 3 is 2.89 bits per heavy atom. The fraction of sp³-hybridized carbons (Fsp3) is 0.571. The maximum absolute atomic E-state index is 11.7. The van der Waals surface area contributed by atoms with Crippen molar-refractivity contribution in [2.24, 2.45) is 5.92 Å². The molecule has 0 radical (unpaired) electrons. The van der Waals surface area contributed by atoms with Gasteiger partial charge in [0.25, 0.3) is 5.91 Å². The average Bonchev–Trinajstić information content (AvgIpc) is 2.44. The summed E-state index contributed by atoms with van der Waals surface area (Å²) in [7, 11) is 0. The van der Waals surface area contributed by atoms with Crippen molar-refractivity contribution in [3.8, 4) is 0 Å². The molecule has 5 nitrogen and oxygen atoms in total. The lowest BCUT2D eigenvalue weighted by Crippen LogP contribution is -2.24. The Morgan fingerprint density at radius 1 is 1.47 bits per heavy atom. The Balaban J connectivity index is 2.59. The van der Waals surface area contributed by atoms with Crippen LogP contribution in [-0.2, 0) is 0 Å². The number of nitrogens with one attached hydrogen (secondary N) is 2. The van der Waals surface area contributed by atoms with Crippen molar-refractivity contribution in [2.75, 3.05) is 25.0 Å². The largest absolute Gasteiger partial charge is 0.396 e. The third-order valence-electron chi connectivity index (χ3n) is 3.04. The molecule has 0 aromatic carbocycles. The molecule has 106 valence electrons. The van der Waals surface area contributed by atoms with Crippen LogP contribution in [0.4, 0.5) is 5.69 Å². The van der Waals surface area contributed by atoms with Crippen molar-refractivity contribution >= 4 is 11.6 Å². The van der Waals surface area contributed by atoms with Crippen molar-refractivity contribution in [3.63, 3.8) is 0 Å². The number of amides is 1. The van der Waals surface area contributed by atoms with Gasteiger partial charge in [0.05, 0.1) is 0 Å². The van der Waals surface area contributed by atoms with Crippen molar-refractivity contribution in [3.05, 3.63) is 24.0 Å². The number of pyridine rings is 1. The highest BCUT2D eigenvalue weighted by Crippen LogP contribution is 2.12. The van der Waals surface area contributed by atoms with E-state index in [1.807, 2.05) is 13.0 Å². The zero-order valence-electron chi connectivity index (χ0n) is 11.6. The molecule has 0 saturated heterocycles. The van der Waals surface area contributed by atoms with Crippen LogP contribution in [-0.4, -0.2) is 35.7 Å². The topological polar surface area (TPSA) is 74.2 Å². The van der Waals surface area contributed by atoms with Gasteiger partial charge in [-0.25, -0.2) is 0 Å². The van der Waals surface area contributed by atoms with Gasteiger partial charge in [0.2, 0.25) is 0 Å². The smallest absolute Gasteiger partial charge is 0.269 e. The quantitative estimate of drug-likeness (QED) is 0.668. The molecule has 1 amide bonds. The minimum absolute atomic E-state index is 0.159. The lowest BCUT2D eigenvalue weighted by atomic mass is 10.0. The van der Waals surface area contributed by atoms with E-state index in [1.165, 1.54) is 0 Å². The number of carbonyl (C=O) groups is 1. The Bertz CT molecular complexity index is 396. The van der Waals surface area contributed by atoms with Crippen LogP contribution < -0.4 is 10.6 Å². The molecule has 1 rings (SSSR count). The second-order valence-corrected chi connectivity index (χ2v) is 4.46. The van der Waals surface area contributed by atoms with Crippen molar-refractivity contribution in [2.45, 2.75) is 26.7 Å². The molecular formula is C14H23N3O2. The molecule has 19 heavy (non-hydrogen) atoms. The van der Waals surface area contributed by atoms with E-state index in [2.05, 4.69) is 22.5 Å². The van der Waals surface area contributed by atoms with Crippen LogP contribution in [0.2, 0.25) is 0 Å². The number of aliphatic hydroxyl groups is 1. The molecule has 1 unspecified atom stereocenters. The molecule has 3 N–H and O–H groups in total. The molecule has 0 saturated carbocycles. The highest BCUT2D eigenvalue weighted by atomic mass is 16.3. The van der Waals surface area contributed by atoms with Crippen LogP contribution >= 0.6 is 0 Å². The first kappa shape index (κ1) is 15.4. The molecule has 0 aliphatic heterocycles. The van der Waals surface area contributed by atoms with Crippen LogP contribution in [0.5, 0.6) is 0 Å². The molecule has 5 heteroatoms. The first-order chi connectivity index (χ1) is 9.21. The normalized spacial score (nSPS) is 11.9. The Kier molecular flexibility index (Phi) is 6.89. The third kappa shape index (κ3) is 5.26. The summed E-state index contributed by atoms with van der Waals surface area (Å²) in [5.74, 6) is 0.277. The molecule has 1 atom stereocenters. The van der Waals surface area contributed by atoms with Crippen LogP contribution in [0.15, 0.2) is 18.3 Å². The van der Waals surface area contributed by atoms with Gasteiger partial charge in [-0.3, -0.25) is 9.78 Å². The van der Waals surface area contributed by atoms with Crippen molar-refractivity contribution in [1.82, 2.24) is 10.3 Å². The molecule has 0 spiro atoms. The van der Waals surface area contributed by atoms with Crippen molar-refractivity contribution < 1.29 is 9.90 Å². The summed E-state index contributed by atoms with van der Waals surface area (Å²) >= 11 is 0. The summed E-state index contributed by atoms with van der Waals surface area (Å²) in [5, 5.41) is 15.0. The van der Waals surface area contributed by atoms with Gasteiger partial charge >= 0.3 is 0 Å². The molecule has 1 heterocycles. The number of rotatable bonds is 8. The highest BCUT2D eigenvalue weighted by molar-refractivity contribution is 5.93. The third-order valence-corrected chi connectivity index (χ3v) is 3.04. The summed E-state index contributed by atoms with van der Waals surface area (Å²) in [5.41, 5.74) is 1.30. The predicted octanol–water partition coefficient (Wildman–Crippen LogP) is 1.65. The molecular weight excluding hydrogens is 242 g/mol. The van der Waals surface area contributed by atoms with Gasteiger partial charge in [0.1, 0.15) is 5.69 Å². The Hall–Kier alpha value is -1.62. The number of hydrogen-bond donors (Lipinski definition) is 3. The fourth-order valence-electron chi connectivity index (χ4n) is 1.81. The van der Waals surface area contributed by atoms with E-state index < -0.39 is 0 Å². The van der Waals surface area contributed by atoms with Gasteiger partial charge in [0.15, 0.2) is 0 Å². The number of hydrogen-bond acceptors (Lipinski definition) is 4. The number of aromatic nitrogens is 1. The van der Waals surface area contributed by atoms with E-state index in [4.69, 9.17) is 5.11 Å². The van der Waals surface area contributed by atoms with E-state index in [-0.39, 0.29) is 12.5 Å². The summed E-state index contributed by atoms with van der Waals surface area (Å²) in [4.78, 5) is 15.7. The first-order valence-corrected chi connectivity index (χ1v) is 6.80. The fourth-order valence-corrected chi connectivity index (χ4v) is 1.81. The zero-order chi connectivity index (χ0) is 14.1. The maximum Gasteiger partial charge on any atom is 0.269 e. The minimum Gasteiger partial charge on any atom is -0.396 e. The number of aliphatic hydroxyl groups excluding tert-OH is 1. The summed E-state index contributed by atoms with van der Waals surface area (Å²) < 4.78 is 0. The van der Waals surface area contributed by atoms with E-state index in [0.717, 1.165) is 25.1 Å². The SMILES string of the molecule is CCNC(=O)c1cc(NCC(CC)CCO)ccn1. The molecule has 1 aromatic rings. The molecule has 0 bridgehead atoms. The van der Waals surface area contributed by atoms with E-state index in [0.29, 0.717) is 18.2 Å². The molecule has 1 aromatic heterocycles. The molecule has 0 fully saturated rings. The van der Waals surface area contributed by atoms with Crippen LogP contribution in [0, 0.1) is 5.92 Å². The molecule has 0 aliphatic rings. The summed E-state index contributed by atoms with van der Waals surface area (Å²) in [6, 6.07) is 3.59. The number of carbonyl (C=O) groups excluding carboxylic acids is 1. The lowest BCUT2D eigenvalue weighted by Gasteiger charge is -2.15. The van der Waals surface area contributed by atoms with Gasteiger partial charge in [-0.15, -0.1) is 0 Å². The van der Waals surface area contributed by atoms with Gasteiger partial charge in [0, 0.05) is 31.6 Å². The monoisotopic (exact) mass is 265 g/mol. The Morgan fingerprint density at radius 2 is 2.26 bits per heavy atom. The summed E-state index contributed by atoms with van der Waals surface area (Å²) in [6.45, 7) is 5.57.